The molecule has 4 aromatic rings. The number of furan rings is 1. The smallest absolute Gasteiger partial charge is 0.292 e. The zero-order chi connectivity index (χ0) is 24.2. The predicted octanol–water partition coefficient (Wildman–Crippen LogP) is 5.71. The van der Waals surface area contributed by atoms with Crippen molar-refractivity contribution in [1.29, 1.82) is 0 Å². The lowest BCUT2D eigenvalue weighted by Gasteiger charge is -2.06. The number of nitrogens with zero attached hydrogens (tertiary/aromatic N) is 3. The van der Waals surface area contributed by atoms with Gasteiger partial charge in [0.25, 0.3) is 11.6 Å². The molecule has 0 atom stereocenters. The van der Waals surface area contributed by atoms with Crippen LogP contribution in [0.2, 0.25) is 10.0 Å². The zero-order valence-corrected chi connectivity index (χ0v) is 18.7. The number of amides is 1. The Balaban J connectivity index is 1.39. The summed E-state index contributed by atoms with van der Waals surface area (Å²) < 4.78 is 25.8. The van der Waals surface area contributed by atoms with Gasteiger partial charge in [-0.15, -0.1) is 0 Å². The van der Waals surface area contributed by atoms with Crippen LogP contribution in [-0.4, -0.2) is 20.6 Å². The molecular formula is C22H15Cl2FN4O5. The quantitative estimate of drug-likeness (QED) is 0.243. The first-order valence-electron chi connectivity index (χ1n) is 9.72. The molecule has 2 aromatic heterocycles. The van der Waals surface area contributed by atoms with Crippen LogP contribution in [0.1, 0.15) is 21.9 Å². The van der Waals surface area contributed by atoms with Crippen molar-refractivity contribution in [2.45, 2.75) is 13.2 Å². The van der Waals surface area contributed by atoms with Gasteiger partial charge in [0.15, 0.2) is 11.6 Å². The van der Waals surface area contributed by atoms with E-state index in [0.29, 0.717) is 5.56 Å². The Morgan fingerprint density at radius 2 is 2.00 bits per heavy atom. The summed E-state index contributed by atoms with van der Waals surface area (Å²) in [6.45, 7) is 0.146. The van der Waals surface area contributed by atoms with Gasteiger partial charge in [0.05, 0.1) is 22.6 Å². The molecular weight excluding hydrogens is 490 g/mol. The Bertz CT molecular complexity index is 1370. The number of hydrogen-bond acceptors (Lipinski definition) is 6. The van der Waals surface area contributed by atoms with E-state index in [1.165, 1.54) is 53.3 Å². The van der Waals surface area contributed by atoms with Crippen LogP contribution in [0.5, 0.6) is 5.75 Å². The van der Waals surface area contributed by atoms with Gasteiger partial charge in [-0.25, -0.2) is 4.39 Å². The van der Waals surface area contributed by atoms with Crippen molar-refractivity contribution in [2.24, 2.45) is 0 Å². The third kappa shape index (κ3) is 5.53. The summed E-state index contributed by atoms with van der Waals surface area (Å²) in [4.78, 5) is 22.9. The third-order valence-electron chi connectivity index (χ3n) is 4.56. The average molecular weight is 505 g/mol. The second-order valence-electron chi connectivity index (χ2n) is 7.03. The minimum Gasteiger partial charge on any atom is -0.484 e. The van der Waals surface area contributed by atoms with Gasteiger partial charge in [0.1, 0.15) is 29.0 Å². The molecule has 12 heteroatoms. The maximum absolute atomic E-state index is 13.4. The highest BCUT2D eigenvalue weighted by molar-refractivity contribution is 6.33. The molecule has 34 heavy (non-hydrogen) atoms. The third-order valence-corrected chi connectivity index (χ3v) is 5.15. The van der Waals surface area contributed by atoms with Crippen LogP contribution in [0.3, 0.4) is 0 Å². The fourth-order valence-electron chi connectivity index (χ4n) is 3.00. The summed E-state index contributed by atoms with van der Waals surface area (Å²) >= 11 is 12.2. The Morgan fingerprint density at radius 3 is 2.76 bits per heavy atom. The van der Waals surface area contributed by atoms with Crippen LogP contribution >= 0.6 is 23.2 Å². The van der Waals surface area contributed by atoms with E-state index in [1.807, 2.05) is 0 Å². The fourth-order valence-corrected chi connectivity index (χ4v) is 3.37. The van der Waals surface area contributed by atoms with Crippen LogP contribution in [0.4, 0.5) is 15.9 Å². The van der Waals surface area contributed by atoms with E-state index < -0.39 is 10.8 Å². The van der Waals surface area contributed by atoms with Gasteiger partial charge >= 0.3 is 0 Å². The minimum absolute atomic E-state index is 0.0283. The van der Waals surface area contributed by atoms with E-state index >= 15 is 0 Å². The van der Waals surface area contributed by atoms with E-state index in [0.717, 1.165) is 0 Å². The number of carbonyl (C=O) groups is 1. The van der Waals surface area contributed by atoms with Crippen molar-refractivity contribution in [3.05, 3.63) is 104 Å². The molecule has 0 saturated heterocycles. The van der Waals surface area contributed by atoms with Gasteiger partial charge in [0, 0.05) is 12.3 Å². The monoisotopic (exact) mass is 504 g/mol. The molecule has 0 saturated carbocycles. The van der Waals surface area contributed by atoms with Gasteiger partial charge in [-0.3, -0.25) is 19.6 Å². The molecule has 0 unspecified atom stereocenters. The molecule has 2 heterocycles. The first-order valence-corrected chi connectivity index (χ1v) is 10.5. The molecule has 9 nitrogen and oxygen atoms in total. The van der Waals surface area contributed by atoms with Gasteiger partial charge in [0.2, 0.25) is 0 Å². The minimum atomic E-state index is -0.600. The van der Waals surface area contributed by atoms with Crippen molar-refractivity contribution in [2.75, 3.05) is 5.32 Å². The lowest BCUT2D eigenvalue weighted by Crippen LogP contribution is -2.12. The molecule has 174 valence electrons. The maximum atomic E-state index is 13.4. The number of aromatic nitrogens is 2. The number of nitrogens with one attached hydrogen (secondary N) is 1. The first kappa shape index (κ1) is 23.3. The molecule has 2 aromatic carbocycles. The zero-order valence-electron chi connectivity index (χ0n) is 17.2. The van der Waals surface area contributed by atoms with Gasteiger partial charge in [-0.2, -0.15) is 5.10 Å². The number of nitro groups is 1. The Morgan fingerprint density at radius 1 is 1.18 bits per heavy atom. The maximum Gasteiger partial charge on any atom is 0.292 e. The molecule has 0 aliphatic rings. The van der Waals surface area contributed by atoms with Crippen molar-refractivity contribution in [3.63, 3.8) is 0 Å². The standard InChI is InChI=1S/C22H15Cl2FN4O5/c23-17-6-4-15(29(31)32)9-20(17)33-12-16-5-7-19(34-16)22(30)26-21-18(24)11-28(27-21)10-13-2-1-3-14(25)8-13/h1-9,11H,10,12H2,(H,26,27,30). The highest BCUT2D eigenvalue weighted by Gasteiger charge is 2.17. The first-order chi connectivity index (χ1) is 16.3. The Kier molecular flexibility index (Phi) is 6.80. The highest BCUT2D eigenvalue weighted by atomic mass is 35.5. The van der Waals surface area contributed by atoms with Crippen LogP contribution < -0.4 is 10.1 Å². The summed E-state index contributed by atoms with van der Waals surface area (Å²) in [6, 6.07) is 12.8. The molecule has 0 radical (unpaired) electrons. The number of nitro benzene ring substituents is 1. The highest BCUT2D eigenvalue weighted by Crippen LogP contribution is 2.30. The van der Waals surface area contributed by atoms with Crippen molar-refractivity contribution in [3.8, 4) is 5.75 Å². The molecule has 1 amide bonds. The molecule has 0 aliphatic heterocycles. The number of hydrogen-bond donors (Lipinski definition) is 1. The largest absolute Gasteiger partial charge is 0.484 e. The van der Waals surface area contributed by atoms with E-state index in [-0.39, 0.29) is 57.8 Å². The normalized spacial score (nSPS) is 10.8. The number of halogens is 3. The van der Waals surface area contributed by atoms with Gasteiger partial charge in [-0.1, -0.05) is 35.3 Å². The number of benzene rings is 2. The summed E-state index contributed by atoms with van der Waals surface area (Å²) in [5.41, 5.74) is 0.504. The van der Waals surface area contributed by atoms with E-state index in [9.17, 15) is 19.3 Å². The lowest BCUT2D eigenvalue weighted by atomic mass is 10.2. The summed E-state index contributed by atoms with van der Waals surface area (Å²) in [5.74, 6) is -0.489. The molecule has 4 rings (SSSR count). The van der Waals surface area contributed by atoms with Gasteiger partial charge in [-0.05, 0) is 35.9 Å². The Hall–Kier alpha value is -3.89. The number of non-ortho nitro benzene ring substituents is 1. The molecule has 0 bridgehead atoms. The fraction of sp³-hybridized carbons (Fsp3) is 0.0909. The number of rotatable bonds is 8. The molecule has 0 aliphatic carbocycles. The van der Waals surface area contributed by atoms with Crippen LogP contribution in [0.15, 0.2) is 65.2 Å². The molecule has 1 N–H and O–H groups in total. The lowest BCUT2D eigenvalue weighted by molar-refractivity contribution is -0.384. The second kappa shape index (κ2) is 9.94. The molecule has 0 fully saturated rings. The number of carbonyl (C=O) groups excluding carboxylic acids is 1. The van der Waals surface area contributed by atoms with Crippen molar-refractivity contribution < 1.29 is 23.3 Å². The Labute approximate surface area is 201 Å². The van der Waals surface area contributed by atoms with Crippen LogP contribution in [0.25, 0.3) is 0 Å². The second-order valence-corrected chi connectivity index (χ2v) is 7.85. The summed E-state index contributed by atoms with van der Waals surface area (Å²) in [7, 11) is 0. The number of ether oxygens (including phenoxy) is 1. The van der Waals surface area contributed by atoms with Crippen LogP contribution in [0, 0.1) is 15.9 Å². The topological polar surface area (TPSA) is 112 Å². The van der Waals surface area contributed by atoms with E-state index in [1.54, 1.807) is 12.1 Å². The van der Waals surface area contributed by atoms with E-state index in [2.05, 4.69) is 10.4 Å². The predicted molar refractivity (Wildman–Crippen MR) is 122 cm³/mol. The van der Waals surface area contributed by atoms with Gasteiger partial charge < -0.3 is 14.5 Å². The summed E-state index contributed by atoms with van der Waals surface area (Å²) in [6.07, 6.45) is 1.51. The van der Waals surface area contributed by atoms with Crippen LogP contribution in [-0.2, 0) is 13.2 Å². The van der Waals surface area contributed by atoms with Crippen molar-refractivity contribution >= 4 is 40.6 Å². The van der Waals surface area contributed by atoms with E-state index in [4.69, 9.17) is 32.4 Å². The average Bonchev–Trinajstić information content (AvgIpc) is 3.39. The van der Waals surface area contributed by atoms with Crippen molar-refractivity contribution in [1.82, 2.24) is 9.78 Å². The summed E-state index contributed by atoms with van der Waals surface area (Å²) in [5, 5.41) is 18.1. The number of anilines is 1. The SMILES string of the molecule is O=C(Nc1nn(Cc2cccc(F)c2)cc1Cl)c1ccc(COc2cc([N+](=O)[O-])ccc2Cl)o1. The molecule has 0 spiro atoms.